The van der Waals surface area contributed by atoms with Gasteiger partial charge in [-0.05, 0) is 118 Å². The van der Waals surface area contributed by atoms with Gasteiger partial charge >= 0.3 is 0 Å². The van der Waals surface area contributed by atoms with E-state index in [2.05, 4.69) is 222 Å². The Hall–Kier alpha value is -6.50. The van der Waals surface area contributed by atoms with Crippen LogP contribution in [0.15, 0.2) is 194 Å². The topological polar surface area (TPSA) is 0 Å². The van der Waals surface area contributed by atoms with Gasteiger partial charge in [0.15, 0.2) is 0 Å². The summed E-state index contributed by atoms with van der Waals surface area (Å²) in [6, 6.07) is 71.7. The minimum atomic E-state index is 1.17. The fourth-order valence-electron chi connectivity index (χ4n) is 7.40. The van der Waals surface area contributed by atoms with Crippen LogP contribution in [0.1, 0.15) is 44.5 Å². The van der Waals surface area contributed by atoms with Crippen molar-refractivity contribution >= 4 is 11.1 Å². The van der Waals surface area contributed by atoms with Gasteiger partial charge in [0.25, 0.3) is 0 Å². The van der Waals surface area contributed by atoms with Gasteiger partial charge in [-0.1, -0.05) is 204 Å². The zero-order valence-corrected chi connectivity index (χ0v) is 31.5. The highest BCUT2D eigenvalue weighted by Gasteiger charge is 2.23. The average molecular weight is 693 g/mol. The molecule has 0 aliphatic rings. The molecule has 8 rings (SSSR count). The lowest BCUT2D eigenvalue weighted by Gasteiger charge is -2.24. The summed E-state index contributed by atoms with van der Waals surface area (Å²) >= 11 is 0. The zero-order valence-electron chi connectivity index (χ0n) is 31.5. The molecule has 0 atom stereocenters. The Labute approximate surface area is 320 Å². The van der Waals surface area contributed by atoms with Crippen LogP contribution in [-0.4, -0.2) is 0 Å². The molecule has 0 unspecified atom stereocenters. The molecule has 0 fully saturated rings. The van der Waals surface area contributed by atoms with Gasteiger partial charge < -0.3 is 0 Å². The third-order valence-corrected chi connectivity index (χ3v) is 10.4. The molecule has 0 heterocycles. The summed E-state index contributed by atoms with van der Waals surface area (Å²) in [6.07, 6.45) is 0. The van der Waals surface area contributed by atoms with Crippen molar-refractivity contribution in [3.8, 4) is 44.5 Å². The van der Waals surface area contributed by atoms with E-state index in [1.807, 2.05) is 0 Å². The summed E-state index contributed by atoms with van der Waals surface area (Å²) in [5, 5.41) is 0. The van der Waals surface area contributed by atoms with Crippen LogP contribution in [-0.2, 0) is 0 Å². The molecular formula is C54H44. The van der Waals surface area contributed by atoms with Crippen molar-refractivity contribution < 1.29 is 0 Å². The molecule has 0 spiro atoms. The van der Waals surface area contributed by atoms with E-state index in [0.29, 0.717) is 0 Å². The normalized spacial score (nSPS) is 11.6. The van der Waals surface area contributed by atoms with Gasteiger partial charge in [0.2, 0.25) is 0 Å². The van der Waals surface area contributed by atoms with Crippen LogP contribution in [0, 0.1) is 27.7 Å². The van der Waals surface area contributed by atoms with Crippen LogP contribution in [0.5, 0.6) is 0 Å². The molecule has 8 aromatic carbocycles. The molecule has 0 aliphatic heterocycles. The average Bonchev–Trinajstić information content (AvgIpc) is 3.21. The maximum atomic E-state index is 2.42. The number of hydrogen-bond donors (Lipinski definition) is 0. The first-order valence-electron chi connectivity index (χ1n) is 18.8. The molecule has 0 radical (unpaired) electrons. The summed E-state index contributed by atoms with van der Waals surface area (Å²) in [5.41, 5.74) is 21.7. The van der Waals surface area contributed by atoms with E-state index in [4.69, 9.17) is 0 Å². The molecule has 0 bridgehead atoms. The van der Waals surface area contributed by atoms with Crippen molar-refractivity contribution in [2.45, 2.75) is 27.7 Å². The second-order valence-electron chi connectivity index (χ2n) is 14.5. The fourth-order valence-corrected chi connectivity index (χ4v) is 7.40. The molecule has 0 heteroatoms. The Morgan fingerprint density at radius 1 is 0.259 bits per heavy atom. The minimum Gasteiger partial charge on any atom is -0.0622 e. The van der Waals surface area contributed by atoms with Gasteiger partial charge in [0.1, 0.15) is 0 Å². The van der Waals surface area contributed by atoms with E-state index in [0.717, 1.165) is 0 Å². The highest BCUT2D eigenvalue weighted by molar-refractivity contribution is 6.10. The number of hydrogen-bond acceptors (Lipinski definition) is 0. The molecule has 0 nitrogen and oxygen atoms in total. The predicted molar refractivity (Wildman–Crippen MR) is 231 cm³/mol. The van der Waals surface area contributed by atoms with Crippen LogP contribution < -0.4 is 0 Å². The minimum absolute atomic E-state index is 1.17. The Morgan fingerprint density at radius 3 is 0.852 bits per heavy atom. The second kappa shape index (κ2) is 15.2. The molecule has 54 heavy (non-hydrogen) atoms. The van der Waals surface area contributed by atoms with Crippen molar-refractivity contribution in [3.05, 3.63) is 239 Å². The molecule has 0 amide bonds. The van der Waals surface area contributed by atoms with Gasteiger partial charge in [-0.3, -0.25) is 0 Å². The lowest BCUT2D eigenvalue weighted by Crippen LogP contribution is -2.02. The van der Waals surface area contributed by atoms with Crippen molar-refractivity contribution in [2.24, 2.45) is 0 Å². The van der Waals surface area contributed by atoms with E-state index < -0.39 is 0 Å². The van der Waals surface area contributed by atoms with Crippen molar-refractivity contribution in [3.63, 3.8) is 0 Å². The Bertz CT molecular complexity index is 2370. The molecule has 8 aromatic rings. The second-order valence-corrected chi connectivity index (χ2v) is 14.5. The molecular weight excluding hydrogens is 649 g/mol. The van der Waals surface area contributed by atoms with Crippen LogP contribution in [0.4, 0.5) is 0 Å². The van der Waals surface area contributed by atoms with E-state index >= 15 is 0 Å². The third kappa shape index (κ3) is 7.25. The van der Waals surface area contributed by atoms with Crippen molar-refractivity contribution in [1.82, 2.24) is 0 Å². The van der Waals surface area contributed by atoms with E-state index in [-0.39, 0.29) is 0 Å². The van der Waals surface area contributed by atoms with Crippen LogP contribution in [0.3, 0.4) is 0 Å². The first-order valence-corrected chi connectivity index (χ1v) is 18.8. The van der Waals surface area contributed by atoms with E-state index in [1.165, 1.54) is 100 Å². The quantitative estimate of drug-likeness (QED) is 0.139. The third-order valence-electron chi connectivity index (χ3n) is 10.4. The summed E-state index contributed by atoms with van der Waals surface area (Å²) in [5.74, 6) is 0. The maximum Gasteiger partial charge on any atom is -0.00201 e. The molecule has 0 saturated heterocycles. The highest BCUT2D eigenvalue weighted by atomic mass is 14.3. The van der Waals surface area contributed by atoms with Crippen molar-refractivity contribution in [1.29, 1.82) is 0 Å². The zero-order chi connectivity index (χ0) is 37.0. The number of benzene rings is 8. The Morgan fingerprint density at radius 2 is 0.537 bits per heavy atom. The first kappa shape index (κ1) is 34.6. The maximum absolute atomic E-state index is 2.42. The standard InChI is InChI=1S/C54H44/c1-37-15-23-41(24-16-37)47-31-33-49(43-27-19-39(3)20-28-43)51(35-47)53(45-11-7-5-8-12-45)54(46-13-9-6-10-14-46)52-36-48(42-25-17-38(2)18-26-42)32-34-50(52)44-29-21-40(4)22-30-44/h5-36H,1-4H3/b54-53-. The van der Waals surface area contributed by atoms with Crippen molar-refractivity contribution in [2.75, 3.05) is 0 Å². The van der Waals surface area contributed by atoms with Gasteiger partial charge in [-0.15, -0.1) is 0 Å². The van der Waals surface area contributed by atoms with Gasteiger partial charge in [-0.25, -0.2) is 0 Å². The van der Waals surface area contributed by atoms with E-state index in [9.17, 15) is 0 Å². The summed E-state index contributed by atoms with van der Waals surface area (Å²) < 4.78 is 0. The summed E-state index contributed by atoms with van der Waals surface area (Å²) in [6.45, 7) is 8.60. The monoisotopic (exact) mass is 692 g/mol. The smallest absolute Gasteiger partial charge is 0.00201 e. The summed E-state index contributed by atoms with van der Waals surface area (Å²) in [7, 11) is 0. The van der Waals surface area contributed by atoms with Crippen LogP contribution >= 0.6 is 0 Å². The molecule has 0 saturated carbocycles. The molecule has 260 valence electrons. The Kier molecular flexibility index (Phi) is 9.75. The first-order chi connectivity index (χ1) is 26.4. The largest absolute Gasteiger partial charge is 0.0622 e. The van der Waals surface area contributed by atoms with Crippen LogP contribution in [0.2, 0.25) is 0 Å². The van der Waals surface area contributed by atoms with E-state index in [1.54, 1.807) is 0 Å². The predicted octanol–water partition coefficient (Wildman–Crippen LogP) is 14.6. The SMILES string of the molecule is Cc1ccc(-c2ccc(-c3ccc(C)cc3)c(/C(=C(/c3ccccc3)c3cc(-c4ccc(C)cc4)ccc3-c3ccc(C)cc3)c3ccccc3)c2)cc1. The molecule has 0 aromatic heterocycles. The van der Waals surface area contributed by atoms with Gasteiger partial charge in [-0.2, -0.15) is 0 Å². The lowest BCUT2D eigenvalue weighted by molar-refractivity contribution is 1.44. The molecule has 0 N–H and O–H groups in total. The molecule has 0 aliphatic carbocycles. The highest BCUT2D eigenvalue weighted by Crippen LogP contribution is 2.45. The lowest BCUT2D eigenvalue weighted by atomic mass is 9.79. The fraction of sp³-hybridized carbons (Fsp3) is 0.0741. The summed E-state index contributed by atoms with van der Waals surface area (Å²) in [4.78, 5) is 0. The van der Waals surface area contributed by atoms with Crippen LogP contribution in [0.25, 0.3) is 55.7 Å². The van der Waals surface area contributed by atoms with Gasteiger partial charge in [0.05, 0.1) is 0 Å². The number of rotatable bonds is 8. The van der Waals surface area contributed by atoms with Gasteiger partial charge in [0, 0.05) is 0 Å². The Balaban J connectivity index is 1.54. The number of aryl methyl sites for hydroxylation is 4.